The Labute approximate surface area is 98.8 Å². The Morgan fingerprint density at radius 3 is 3.00 bits per heavy atom. The van der Waals surface area contributed by atoms with Gasteiger partial charge in [-0.1, -0.05) is 0 Å². The van der Waals surface area contributed by atoms with Crippen molar-refractivity contribution in [1.29, 1.82) is 0 Å². The fourth-order valence-electron chi connectivity index (χ4n) is 1.26. The SMILES string of the molecule is CNC(=O)COc1cccn(CCCO)c1=O. The Morgan fingerprint density at radius 1 is 1.59 bits per heavy atom. The molecule has 6 nitrogen and oxygen atoms in total. The number of carbonyl (C=O) groups excluding carboxylic acids is 1. The summed E-state index contributed by atoms with van der Waals surface area (Å²) >= 11 is 0. The van der Waals surface area contributed by atoms with Gasteiger partial charge in [0.2, 0.25) is 0 Å². The predicted molar refractivity (Wildman–Crippen MR) is 62.0 cm³/mol. The first kappa shape index (κ1) is 13.2. The number of hydrogen-bond donors (Lipinski definition) is 2. The van der Waals surface area contributed by atoms with Crippen LogP contribution in [-0.2, 0) is 11.3 Å². The van der Waals surface area contributed by atoms with E-state index in [9.17, 15) is 9.59 Å². The molecule has 0 saturated heterocycles. The summed E-state index contributed by atoms with van der Waals surface area (Å²) in [7, 11) is 1.50. The molecule has 0 fully saturated rings. The van der Waals surface area contributed by atoms with E-state index in [1.165, 1.54) is 17.7 Å². The van der Waals surface area contributed by atoms with Crippen molar-refractivity contribution in [2.75, 3.05) is 20.3 Å². The van der Waals surface area contributed by atoms with Gasteiger partial charge < -0.3 is 19.7 Å². The van der Waals surface area contributed by atoms with Gasteiger partial charge in [-0.15, -0.1) is 0 Å². The van der Waals surface area contributed by atoms with Gasteiger partial charge in [0.15, 0.2) is 12.4 Å². The number of aliphatic hydroxyl groups is 1. The second-order valence-corrected chi connectivity index (χ2v) is 3.41. The van der Waals surface area contributed by atoms with Crippen molar-refractivity contribution in [3.05, 3.63) is 28.7 Å². The molecule has 1 rings (SSSR count). The quantitative estimate of drug-likeness (QED) is 0.692. The largest absolute Gasteiger partial charge is 0.478 e. The fourth-order valence-corrected chi connectivity index (χ4v) is 1.26. The second-order valence-electron chi connectivity index (χ2n) is 3.41. The molecule has 0 unspecified atom stereocenters. The van der Waals surface area contributed by atoms with Gasteiger partial charge in [-0.2, -0.15) is 0 Å². The maximum Gasteiger partial charge on any atom is 0.292 e. The summed E-state index contributed by atoms with van der Waals surface area (Å²) in [5, 5.41) is 11.1. The van der Waals surface area contributed by atoms with Crippen LogP contribution in [0.1, 0.15) is 6.42 Å². The molecule has 1 amide bonds. The van der Waals surface area contributed by atoms with Gasteiger partial charge in [0.25, 0.3) is 11.5 Å². The normalized spacial score (nSPS) is 10.0. The number of hydrogen-bond acceptors (Lipinski definition) is 4. The Hall–Kier alpha value is -1.82. The number of nitrogens with one attached hydrogen (secondary N) is 1. The van der Waals surface area contributed by atoms with Gasteiger partial charge in [0.05, 0.1) is 0 Å². The van der Waals surface area contributed by atoms with Gasteiger partial charge in [-0.05, 0) is 18.6 Å². The highest BCUT2D eigenvalue weighted by Crippen LogP contribution is 2.02. The molecule has 0 bridgehead atoms. The van der Waals surface area contributed by atoms with Crippen molar-refractivity contribution in [3.63, 3.8) is 0 Å². The number of carbonyl (C=O) groups is 1. The zero-order valence-electron chi connectivity index (χ0n) is 9.68. The summed E-state index contributed by atoms with van der Waals surface area (Å²) in [4.78, 5) is 22.8. The third kappa shape index (κ3) is 3.92. The lowest BCUT2D eigenvalue weighted by Crippen LogP contribution is -2.28. The summed E-state index contributed by atoms with van der Waals surface area (Å²) in [6.07, 6.45) is 2.11. The molecule has 0 aliphatic rings. The average Bonchev–Trinajstić information content (AvgIpc) is 2.35. The number of aromatic nitrogens is 1. The topological polar surface area (TPSA) is 80.6 Å². The molecule has 1 aromatic rings. The van der Waals surface area contributed by atoms with Gasteiger partial charge in [-0.25, -0.2) is 0 Å². The van der Waals surface area contributed by atoms with Crippen LogP contribution in [0.4, 0.5) is 0 Å². The Morgan fingerprint density at radius 2 is 2.35 bits per heavy atom. The van der Waals surface area contributed by atoms with E-state index in [2.05, 4.69) is 5.32 Å². The zero-order valence-corrected chi connectivity index (χ0v) is 9.68. The number of aliphatic hydroxyl groups excluding tert-OH is 1. The summed E-state index contributed by atoms with van der Waals surface area (Å²) in [6.45, 7) is 0.262. The summed E-state index contributed by atoms with van der Waals surface area (Å²) in [5.74, 6) is -0.163. The molecule has 0 spiro atoms. The van der Waals surface area contributed by atoms with E-state index in [0.29, 0.717) is 13.0 Å². The van der Waals surface area contributed by atoms with Gasteiger partial charge in [0, 0.05) is 26.4 Å². The Bertz CT molecular complexity index is 428. The zero-order chi connectivity index (χ0) is 12.7. The number of aryl methyl sites for hydroxylation is 1. The van der Waals surface area contributed by atoms with Crippen molar-refractivity contribution in [2.24, 2.45) is 0 Å². The molecule has 0 aliphatic carbocycles. The lowest BCUT2D eigenvalue weighted by molar-refractivity contribution is -0.122. The third-order valence-corrected chi connectivity index (χ3v) is 2.18. The average molecular weight is 240 g/mol. The molecule has 94 valence electrons. The number of nitrogens with zero attached hydrogens (tertiary/aromatic N) is 1. The van der Waals surface area contributed by atoms with Crippen LogP contribution in [0.15, 0.2) is 23.1 Å². The number of pyridine rings is 1. The molecule has 2 N–H and O–H groups in total. The monoisotopic (exact) mass is 240 g/mol. The highest BCUT2D eigenvalue weighted by Gasteiger charge is 2.06. The van der Waals surface area contributed by atoms with E-state index in [0.717, 1.165) is 0 Å². The van der Waals surface area contributed by atoms with Gasteiger partial charge >= 0.3 is 0 Å². The van der Waals surface area contributed by atoms with Crippen LogP contribution < -0.4 is 15.6 Å². The third-order valence-electron chi connectivity index (χ3n) is 2.18. The predicted octanol–water partition coefficient (Wildman–Crippen LogP) is -0.645. The first-order chi connectivity index (χ1) is 8.19. The molecular formula is C11H16N2O4. The van der Waals surface area contributed by atoms with Gasteiger partial charge in [0.1, 0.15) is 0 Å². The highest BCUT2D eigenvalue weighted by molar-refractivity contribution is 5.77. The minimum Gasteiger partial charge on any atom is -0.478 e. The Kier molecular flexibility index (Phi) is 5.22. The number of likely N-dealkylation sites (N-methyl/N-ethyl adjacent to an activating group) is 1. The molecule has 1 heterocycles. The van der Waals surface area contributed by atoms with Crippen LogP contribution in [0.25, 0.3) is 0 Å². The smallest absolute Gasteiger partial charge is 0.292 e. The summed E-state index contributed by atoms with van der Waals surface area (Å²) < 4.78 is 6.54. The van der Waals surface area contributed by atoms with Crippen molar-refractivity contribution < 1.29 is 14.6 Å². The van der Waals surface area contributed by atoms with Crippen LogP contribution in [0.3, 0.4) is 0 Å². The van der Waals surface area contributed by atoms with Crippen molar-refractivity contribution >= 4 is 5.91 Å². The number of rotatable bonds is 6. The molecular weight excluding hydrogens is 224 g/mol. The van der Waals surface area contributed by atoms with E-state index < -0.39 is 0 Å². The molecule has 1 aromatic heterocycles. The highest BCUT2D eigenvalue weighted by atomic mass is 16.5. The van der Waals surface area contributed by atoms with Crippen LogP contribution >= 0.6 is 0 Å². The van der Waals surface area contributed by atoms with Crippen LogP contribution in [0.2, 0.25) is 0 Å². The molecule has 6 heteroatoms. The van der Waals surface area contributed by atoms with Gasteiger partial charge in [-0.3, -0.25) is 9.59 Å². The van der Waals surface area contributed by atoms with E-state index in [1.807, 2.05) is 0 Å². The molecule has 17 heavy (non-hydrogen) atoms. The van der Waals surface area contributed by atoms with E-state index >= 15 is 0 Å². The van der Waals surface area contributed by atoms with Crippen LogP contribution in [0.5, 0.6) is 5.75 Å². The molecule has 0 radical (unpaired) electrons. The van der Waals surface area contributed by atoms with E-state index in [4.69, 9.17) is 9.84 Å². The maximum atomic E-state index is 11.8. The number of amides is 1. The minimum atomic E-state index is -0.301. The first-order valence-electron chi connectivity index (χ1n) is 5.32. The van der Waals surface area contributed by atoms with Crippen LogP contribution in [-0.4, -0.2) is 35.8 Å². The lowest BCUT2D eigenvalue weighted by atomic mass is 10.4. The van der Waals surface area contributed by atoms with Crippen molar-refractivity contribution in [3.8, 4) is 5.75 Å². The molecule has 0 aromatic carbocycles. The summed E-state index contributed by atoms with van der Waals surface area (Å²) in [5.41, 5.74) is -0.301. The summed E-state index contributed by atoms with van der Waals surface area (Å²) in [6, 6.07) is 3.18. The number of ether oxygens (including phenoxy) is 1. The van der Waals surface area contributed by atoms with E-state index in [-0.39, 0.29) is 30.4 Å². The second kappa shape index (κ2) is 6.70. The van der Waals surface area contributed by atoms with Crippen molar-refractivity contribution in [1.82, 2.24) is 9.88 Å². The molecule has 0 aliphatic heterocycles. The maximum absolute atomic E-state index is 11.8. The van der Waals surface area contributed by atoms with Crippen LogP contribution in [0, 0.1) is 0 Å². The molecule has 0 atom stereocenters. The Balaban J connectivity index is 2.72. The fraction of sp³-hybridized carbons (Fsp3) is 0.455. The minimum absolute atomic E-state index is 0.0236. The van der Waals surface area contributed by atoms with Crippen molar-refractivity contribution in [2.45, 2.75) is 13.0 Å². The van der Waals surface area contributed by atoms with E-state index in [1.54, 1.807) is 12.3 Å². The first-order valence-corrected chi connectivity index (χ1v) is 5.32. The lowest BCUT2D eigenvalue weighted by Gasteiger charge is -2.08. The molecule has 0 saturated carbocycles. The standard InChI is InChI=1S/C11H16N2O4/c1-12-10(15)8-17-9-4-2-5-13(11(9)16)6-3-7-14/h2,4-5,14H,3,6-8H2,1H3,(H,12,15).